The molecule has 3 aromatic rings. The number of aromatic nitrogens is 1. The van der Waals surface area contributed by atoms with Crippen LogP contribution in [-0.4, -0.2) is 23.4 Å². The third kappa shape index (κ3) is 2.41. The predicted molar refractivity (Wildman–Crippen MR) is 98.9 cm³/mol. The molecular weight excluding hydrogens is 314 g/mol. The molecule has 0 atom stereocenters. The van der Waals surface area contributed by atoms with Crippen LogP contribution in [0.4, 0.5) is 5.69 Å². The van der Waals surface area contributed by atoms with Gasteiger partial charge in [-0.15, -0.1) is 0 Å². The fraction of sp³-hybridized carbons (Fsp3) is 0.100. The average Bonchev–Trinajstić information content (AvgIpc) is 3.06. The number of nitrogens with zero attached hydrogens (tertiary/aromatic N) is 2. The minimum Gasteiger partial charge on any atom is -0.368 e. The van der Waals surface area contributed by atoms with E-state index in [1.165, 1.54) is 0 Å². The Balaban J connectivity index is 1.90. The van der Waals surface area contributed by atoms with E-state index in [9.17, 15) is 9.59 Å². The molecular formula is C20H17N3O2. The van der Waals surface area contributed by atoms with Crippen molar-refractivity contribution in [2.75, 3.05) is 11.9 Å². The second-order valence-corrected chi connectivity index (χ2v) is 6.14. The first-order valence-corrected chi connectivity index (χ1v) is 8.01. The van der Waals surface area contributed by atoms with E-state index in [4.69, 9.17) is 5.73 Å². The fourth-order valence-corrected chi connectivity index (χ4v) is 3.38. The van der Waals surface area contributed by atoms with Crippen molar-refractivity contribution in [3.05, 3.63) is 65.9 Å². The zero-order valence-corrected chi connectivity index (χ0v) is 13.8. The Labute approximate surface area is 145 Å². The van der Waals surface area contributed by atoms with Crippen molar-refractivity contribution in [1.82, 2.24) is 4.57 Å². The minimum absolute atomic E-state index is 0.0343. The molecule has 0 aliphatic carbocycles. The van der Waals surface area contributed by atoms with E-state index in [0.717, 1.165) is 27.7 Å². The van der Waals surface area contributed by atoms with Gasteiger partial charge in [0.15, 0.2) is 0 Å². The Kier molecular flexibility index (Phi) is 3.42. The third-order valence-electron chi connectivity index (χ3n) is 4.54. The maximum absolute atomic E-state index is 12.7. The van der Waals surface area contributed by atoms with Gasteiger partial charge in [-0.05, 0) is 18.2 Å². The number of nitrogens with two attached hydrogens (primary N) is 1. The summed E-state index contributed by atoms with van der Waals surface area (Å²) >= 11 is 0. The smallest absolute Gasteiger partial charge is 0.258 e. The van der Waals surface area contributed by atoms with Gasteiger partial charge in [0.1, 0.15) is 6.54 Å². The molecule has 0 unspecified atom stereocenters. The topological polar surface area (TPSA) is 68.3 Å². The molecule has 5 nitrogen and oxygen atoms in total. The average molecular weight is 331 g/mol. The summed E-state index contributed by atoms with van der Waals surface area (Å²) in [5, 5.41) is 0.982. The van der Waals surface area contributed by atoms with Crippen LogP contribution >= 0.6 is 0 Å². The van der Waals surface area contributed by atoms with E-state index in [1.54, 1.807) is 11.9 Å². The number of likely N-dealkylation sites (N-methyl/N-ethyl adjacent to an activating group) is 1. The largest absolute Gasteiger partial charge is 0.368 e. The van der Waals surface area contributed by atoms with Gasteiger partial charge in [0.05, 0.1) is 5.69 Å². The minimum atomic E-state index is -0.401. The van der Waals surface area contributed by atoms with Crippen LogP contribution in [0.2, 0.25) is 0 Å². The van der Waals surface area contributed by atoms with Gasteiger partial charge in [0.25, 0.3) is 5.91 Å². The van der Waals surface area contributed by atoms with Crippen LogP contribution in [0.3, 0.4) is 0 Å². The number of carbonyl (C=O) groups is 2. The monoisotopic (exact) mass is 331 g/mol. The number of benzene rings is 2. The quantitative estimate of drug-likeness (QED) is 0.750. The number of amides is 2. The van der Waals surface area contributed by atoms with E-state index >= 15 is 0 Å². The van der Waals surface area contributed by atoms with Crippen LogP contribution in [-0.2, 0) is 16.1 Å². The van der Waals surface area contributed by atoms with Crippen LogP contribution in [0, 0.1) is 0 Å². The van der Waals surface area contributed by atoms with Crippen molar-refractivity contribution >= 4 is 40.1 Å². The first-order valence-electron chi connectivity index (χ1n) is 8.01. The van der Waals surface area contributed by atoms with Gasteiger partial charge in [-0.25, -0.2) is 0 Å². The van der Waals surface area contributed by atoms with Crippen LogP contribution in [0.15, 0.2) is 54.7 Å². The number of primary amides is 1. The van der Waals surface area contributed by atoms with E-state index in [2.05, 4.69) is 0 Å². The van der Waals surface area contributed by atoms with Crippen molar-refractivity contribution < 1.29 is 9.59 Å². The zero-order valence-electron chi connectivity index (χ0n) is 13.8. The molecule has 5 heteroatoms. The van der Waals surface area contributed by atoms with Crippen LogP contribution in [0.5, 0.6) is 0 Å². The molecule has 25 heavy (non-hydrogen) atoms. The maximum atomic E-state index is 12.7. The highest BCUT2D eigenvalue weighted by molar-refractivity contribution is 6.36. The lowest BCUT2D eigenvalue weighted by Gasteiger charge is -2.07. The molecule has 124 valence electrons. The molecule has 2 aromatic carbocycles. The highest BCUT2D eigenvalue weighted by atomic mass is 16.2. The van der Waals surface area contributed by atoms with Crippen molar-refractivity contribution in [3.63, 3.8) is 0 Å². The molecule has 0 spiro atoms. The van der Waals surface area contributed by atoms with E-state index in [0.29, 0.717) is 5.57 Å². The summed E-state index contributed by atoms with van der Waals surface area (Å²) in [7, 11) is 1.78. The number of carbonyl (C=O) groups excluding carboxylic acids is 2. The van der Waals surface area contributed by atoms with E-state index in [-0.39, 0.29) is 12.5 Å². The molecule has 0 radical (unpaired) electrons. The van der Waals surface area contributed by atoms with Gasteiger partial charge in [-0.3, -0.25) is 9.59 Å². The molecule has 0 saturated carbocycles. The second kappa shape index (κ2) is 5.63. The molecule has 2 N–H and O–H groups in total. The number of fused-ring (bicyclic) bond motifs is 2. The second-order valence-electron chi connectivity index (χ2n) is 6.14. The first kappa shape index (κ1) is 15.2. The van der Waals surface area contributed by atoms with Crippen molar-refractivity contribution in [2.24, 2.45) is 5.73 Å². The molecule has 2 amide bonds. The highest BCUT2D eigenvalue weighted by Crippen LogP contribution is 2.37. The summed E-state index contributed by atoms with van der Waals surface area (Å²) in [4.78, 5) is 25.7. The Bertz CT molecular complexity index is 1050. The van der Waals surface area contributed by atoms with Crippen LogP contribution in [0.25, 0.3) is 22.6 Å². The molecule has 2 heterocycles. The summed E-state index contributed by atoms with van der Waals surface area (Å²) in [5.74, 6) is -0.435. The van der Waals surface area contributed by atoms with Crippen LogP contribution < -0.4 is 10.6 Å². The normalized spacial score (nSPS) is 15.2. The molecule has 0 fully saturated rings. The Morgan fingerprint density at radius 2 is 1.84 bits per heavy atom. The number of hydrogen-bond donors (Lipinski definition) is 1. The molecule has 0 bridgehead atoms. The van der Waals surface area contributed by atoms with Gasteiger partial charge in [-0.1, -0.05) is 36.4 Å². The molecule has 4 rings (SSSR count). The maximum Gasteiger partial charge on any atom is 0.258 e. The number of para-hydroxylation sites is 2. The van der Waals surface area contributed by atoms with Gasteiger partial charge in [0, 0.05) is 40.8 Å². The fourth-order valence-electron chi connectivity index (χ4n) is 3.38. The SMILES string of the molecule is CN1C(=O)C(=Cc2cn(CC(N)=O)c3ccccc23)c2ccccc21. The number of rotatable bonds is 3. The molecule has 1 aliphatic rings. The summed E-state index contributed by atoms with van der Waals surface area (Å²) in [6.45, 7) is 0.105. The van der Waals surface area contributed by atoms with Crippen molar-refractivity contribution in [2.45, 2.75) is 6.54 Å². The van der Waals surface area contributed by atoms with Gasteiger partial charge in [0.2, 0.25) is 5.91 Å². The summed E-state index contributed by atoms with van der Waals surface area (Å²) in [6.07, 6.45) is 3.77. The Hall–Kier alpha value is -3.34. The lowest BCUT2D eigenvalue weighted by Crippen LogP contribution is -2.20. The van der Waals surface area contributed by atoms with Crippen molar-refractivity contribution in [3.8, 4) is 0 Å². The zero-order chi connectivity index (χ0) is 17.6. The van der Waals surface area contributed by atoms with Crippen LogP contribution in [0.1, 0.15) is 11.1 Å². The van der Waals surface area contributed by atoms with Crippen molar-refractivity contribution in [1.29, 1.82) is 0 Å². The number of anilines is 1. The lowest BCUT2D eigenvalue weighted by atomic mass is 10.0. The lowest BCUT2D eigenvalue weighted by molar-refractivity contribution is -0.118. The number of hydrogen-bond acceptors (Lipinski definition) is 2. The van der Waals surface area contributed by atoms with Gasteiger partial charge >= 0.3 is 0 Å². The summed E-state index contributed by atoms with van der Waals surface area (Å²) in [6, 6.07) is 15.5. The Morgan fingerprint density at radius 3 is 2.64 bits per heavy atom. The standard InChI is InChI=1S/C20H17N3O2/c1-22-17-8-4-3-7-15(17)16(20(22)25)10-13-11-23(12-19(21)24)18-9-5-2-6-14(13)18/h2-11H,12H2,1H3,(H2,21,24). The summed E-state index contributed by atoms with van der Waals surface area (Å²) in [5.41, 5.74) is 9.64. The molecule has 1 aromatic heterocycles. The van der Waals surface area contributed by atoms with E-state index in [1.807, 2.05) is 65.4 Å². The summed E-state index contributed by atoms with van der Waals surface area (Å²) < 4.78 is 1.82. The predicted octanol–water partition coefficient (Wildman–Crippen LogP) is 2.64. The molecule has 1 aliphatic heterocycles. The van der Waals surface area contributed by atoms with Gasteiger partial charge in [-0.2, -0.15) is 0 Å². The van der Waals surface area contributed by atoms with Gasteiger partial charge < -0.3 is 15.2 Å². The Morgan fingerprint density at radius 1 is 1.12 bits per heavy atom. The van der Waals surface area contributed by atoms with E-state index < -0.39 is 5.91 Å². The molecule has 0 saturated heterocycles. The first-order chi connectivity index (χ1) is 12.1. The highest BCUT2D eigenvalue weighted by Gasteiger charge is 2.29. The third-order valence-corrected chi connectivity index (χ3v) is 4.54.